The third kappa shape index (κ3) is 3.63. The molecular formula is C13H14F3NO3. The third-order valence-electron chi connectivity index (χ3n) is 3.10. The van der Waals surface area contributed by atoms with Crippen molar-refractivity contribution in [2.75, 3.05) is 24.6 Å². The molecule has 1 N–H and O–H groups in total. The molecule has 1 aliphatic rings. The molecular weight excluding hydrogens is 275 g/mol. The van der Waals surface area contributed by atoms with Crippen LogP contribution in [0.25, 0.3) is 0 Å². The van der Waals surface area contributed by atoms with Crippen LogP contribution in [0.15, 0.2) is 24.3 Å². The zero-order valence-corrected chi connectivity index (χ0v) is 10.6. The number of carboxylic acids is 1. The number of hydrogen-bond acceptors (Lipinski definition) is 3. The van der Waals surface area contributed by atoms with E-state index in [1.807, 2.05) is 4.90 Å². The van der Waals surface area contributed by atoms with Crippen molar-refractivity contribution < 1.29 is 27.8 Å². The Labute approximate surface area is 113 Å². The quantitative estimate of drug-likeness (QED) is 0.928. The predicted molar refractivity (Wildman–Crippen MR) is 65.6 cm³/mol. The number of ether oxygens (including phenoxy) is 1. The second-order valence-corrected chi connectivity index (χ2v) is 4.58. The number of alkyl halides is 3. The molecule has 1 unspecified atom stereocenters. The zero-order chi connectivity index (χ0) is 14.8. The number of halogens is 3. The van der Waals surface area contributed by atoms with E-state index in [1.54, 1.807) is 0 Å². The first-order valence-corrected chi connectivity index (χ1v) is 6.12. The summed E-state index contributed by atoms with van der Waals surface area (Å²) in [6, 6.07) is 4.84. The van der Waals surface area contributed by atoms with Crippen LogP contribution in [0, 0.1) is 0 Å². The lowest BCUT2D eigenvalue weighted by Crippen LogP contribution is -2.43. The topological polar surface area (TPSA) is 49.8 Å². The highest BCUT2D eigenvalue weighted by Crippen LogP contribution is 2.30. The Hall–Kier alpha value is -1.76. The van der Waals surface area contributed by atoms with Crippen molar-refractivity contribution >= 4 is 11.7 Å². The SMILES string of the molecule is O=C(O)CC1CN(c2ccc(C(F)(F)F)cc2)CCO1. The second-order valence-electron chi connectivity index (χ2n) is 4.58. The first-order chi connectivity index (χ1) is 9.36. The van der Waals surface area contributed by atoms with E-state index in [-0.39, 0.29) is 6.42 Å². The first-order valence-electron chi connectivity index (χ1n) is 6.12. The van der Waals surface area contributed by atoms with Crippen LogP contribution < -0.4 is 4.90 Å². The number of morpholine rings is 1. The van der Waals surface area contributed by atoms with Crippen LogP contribution in [0.2, 0.25) is 0 Å². The van der Waals surface area contributed by atoms with Crippen molar-refractivity contribution in [3.05, 3.63) is 29.8 Å². The molecule has 7 heteroatoms. The largest absolute Gasteiger partial charge is 0.481 e. The van der Waals surface area contributed by atoms with Crippen LogP contribution >= 0.6 is 0 Å². The maximum absolute atomic E-state index is 12.5. The normalized spacial score (nSPS) is 19.9. The molecule has 4 nitrogen and oxygen atoms in total. The van der Waals surface area contributed by atoms with E-state index in [9.17, 15) is 18.0 Å². The number of carbonyl (C=O) groups is 1. The van der Waals surface area contributed by atoms with Gasteiger partial charge in [-0.2, -0.15) is 13.2 Å². The van der Waals surface area contributed by atoms with Crippen LogP contribution in [0.5, 0.6) is 0 Å². The fourth-order valence-corrected chi connectivity index (χ4v) is 2.13. The maximum Gasteiger partial charge on any atom is 0.416 e. The van der Waals surface area contributed by atoms with Crippen LogP contribution in [-0.4, -0.2) is 36.9 Å². The molecule has 0 spiro atoms. The lowest BCUT2D eigenvalue weighted by atomic mass is 10.1. The maximum atomic E-state index is 12.5. The van der Waals surface area contributed by atoms with Gasteiger partial charge in [0.1, 0.15) is 0 Å². The van der Waals surface area contributed by atoms with Gasteiger partial charge in [-0.3, -0.25) is 4.79 Å². The summed E-state index contributed by atoms with van der Waals surface area (Å²) in [5.41, 5.74) is -0.0618. The number of aliphatic carboxylic acids is 1. The molecule has 0 amide bonds. The van der Waals surface area contributed by atoms with Crippen molar-refractivity contribution in [2.24, 2.45) is 0 Å². The Morgan fingerprint density at radius 3 is 2.55 bits per heavy atom. The fourth-order valence-electron chi connectivity index (χ4n) is 2.13. The van der Waals surface area contributed by atoms with Gasteiger partial charge < -0.3 is 14.7 Å². The van der Waals surface area contributed by atoms with Gasteiger partial charge in [0.25, 0.3) is 0 Å². The molecule has 110 valence electrons. The average molecular weight is 289 g/mol. The number of nitrogens with zero attached hydrogens (tertiary/aromatic N) is 1. The van der Waals surface area contributed by atoms with Gasteiger partial charge in [-0.25, -0.2) is 0 Å². The first kappa shape index (κ1) is 14.6. The monoisotopic (exact) mass is 289 g/mol. The molecule has 1 aliphatic heterocycles. The van der Waals surface area contributed by atoms with Crippen molar-refractivity contribution in [2.45, 2.75) is 18.7 Å². The van der Waals surface area contributed by atoms with Gasteiger partial charge in [0.05, 0.1) is 24.7 Å². The molecule has 20 heavy (non-hydrogen) atoms. The van der Waals surface area contributed by atoms with Crippen molar-refractivity contribution in [1.82, 2.24) is 0 Å². The van der Waals surface area contributed by atoms with E-state index in [0.29, 0.717) is 25.4 Å². The predicted octanol–water partition coefficient (Wildman–Crippen LogP) is 2.39. The molecule has 1 fully saturated rings. The highest BCUT2D eigenvalue weighted by atomic mass is 19.4. The Balaban J connectivity index is 2.05. The van der Waals surface area contributed by atoms with Gasteiger partial charge in [0, 0.05) is 18.8 Å². The van der Waals surface area contributed by atoms with Crippen molar-refractivity contribution in [3.63, 3.8) is 0 Å². The van der Waals surface area contributed by atoms with E-state index in [4.69, 9.17) is 9.84 Å². The summed E-state index contributed by atoms with van der Waals surface area (Å²) in [4.78, 5) is 12.5. The standard InChI is InChI=1S/C13H14F3NO3/c14-13(15,16)9-1-3-10(4-2-9)17-5-6-20-11(8-17)7-12(18)19/h1-4,11H,5-8H2,(H,18,19). The average Bonchev–Trinajstić information content (AvgIpc) is 2.37. The van der Waals surface area contributed by atoms with Gasteiger partial charge in [0.2, 0.25) is 0 Å². The third-order valence-corrected chi connectivity index (χ3v) is 3.10. The highest BCUT2D eigenvalue weighted by molar-refractivity contribution is 5.67. The molecule has 2 rings (SSSR count). The number of rotatable bonds is 3. The molecule has 1 aromatic carbocycles. The minimum atomic E-state index is -4.35. The van der Waals surface area contributed by atoms with Crippen LogP contribution in [0.4, 0.5) is 18.9 Å². The Kier molecular flexibility index (Phi) is 4.17. The van der Waals surface area contributed by atoms with E-state index in [1.165, 1.54) is 12.1 Å². The summed E-state index contributed by atoms with van der Waals surface area (Å²) in [6.45, 7) is 1.25. The number of carboxylic acid groups (broad SMARTS) is 1. The van der Waals surface area contributed by atoms with Gasteiger partial charge in [-0.15, -0.1) is 0 Å². The summed E-state index contributed by atoms with van der Waals surface area (Å²) in [7, 11) is 0. The van der Waals surface area contributed by atoms with Gasteiger partial charge in [-0.1, -0.05) is 0 Å². The molecule has 0 aliphatic carbocycles. The molecule has 0 radical (unpaired) electrons. The van der Waals surface area contributed by atoms with E-state index < -0.39 is 23.8 Å². The Morgan fingerprint density at radius 1 is 1.35 bits per heavy atom. The van der Waals surface area contributed by atoms with Gasteiger partial charge in [0.15, 0.2) is 0 Å². The van der Waals surface area contributed by atoms with Gasteiger partial charge in [-0.05, 0) is 24.3 Å². The van der Waals surface area contributed by atoms with Crippen molar-refractivity contribution in [3.8, 4) is 0 Å². The van der Waals surface area contributed by atoms with Crippen LogP contribution in [0.1, 0.15) is 12.0 Å². The number of anilines is 1. The minimum Gasteiger partial charge on any atom is -0.481 e. The summed E-state index contributed by atoms with van der Waals surface area (Å²) in [5.74, 6) is -0.954. The summed E-state index contributed by atoms with van der Waals surface area (Å²) in [6.07, 6.45) is -4.91. The van der Waals surface area contributed by atoms with E-state index >= 15 is 0 Å². The van der Waals surface area contributed by atoms with E-state index in [0.717, 1.165) is 12.1 Å². The zero-order valence-electron chi connectivity index (χ0n) is 10.6. The highest BCUT2D eigenvalue weighted by Gasteiger charge is 2.30. The van der Waals surface area contributed by atoms with Crippen molar-refractivity contribution in [1.29, 1.82) is 0 Å². The molecule has 1 heterocycles. The number of hydrogen-bond donors (Lipinski definition) is 1. The summed E-state index contributed by atoms with van der Waals surface area (Å²) >= 11 is 0. The molecule has 0 saturated carbocycles. The van der Waals surface area contributed by atoms with Crippen LogP contribution in [-0.2, 0) is 15.7 Å². The van der Waals surface area contributed by atoms with E-state index in [2.05, 4.69) is 0 Å². The van der Waals surface area contributed by atoms with Crippen LogP contribution in [0.3, 0.4) is 0 Å². The van der Waals surface area contributed by atoms with Gasteiger partial charge >= 0.3 is 12.1 Å². The number of benzene rings is 1. The summed E-state index contributed by atoms with van der Waals surface area (Å²) < 4.78 is 42.7. The lowest BCUT2D eigenvalue weighted by molar-refractivity contribution is -0.140. The molecule has 1 aromatic rings. The lowest BCUT2D eigenvalue weighted by Gasteiger charge is -2.34. The molecule has 1 atom stereocenters. The second kappa shape index (κ2) is 5.70. The fraction of sp³-hybridized carbons (Fsp3) is 0.462. The molecule has 0 aromatic heterocycles. The smallest absolute Gasteiger partial charge is 0.416 e. The molecule has 0 bridgehead atoms. The Bertz CT molecular complexity index is 473. The Morgan fingerprint density at radius 2 is 2.00 bits per heavy atom. The minimum absolute atomic E-state index is 0.114. The molecule has 1 saturated heterocycles. The summed E-state index contributed by atoms with van der Waals surface area (Å²) in [5, 5.41) is 8.72.